The number of methoxy groups -OCH3 is 1. The van der Waals surface area contributed by atoms with E-state index in [1.165, 1.54) is 12.1 Å². The first-order valence-corrected chi connectivity index (χ1v) is 5.24. The quantitative estimate of drug-likeness (QED) is 0.840. The molecule has 0 radical (unpaired) electrons. The molecule has 1 aromatic heterocycles. The molecule has 0 amide bonds. The van der Waals surface area contributed by atoms with Gasteiger partial charge in [0.15, 0.2) is 0 Å². The van der Waals surface area contributed by atoms with Crippen molar-refractivity contribution in [2.45, 2.75) is 12.8 Å². The van der Waals surface area contributed by atoms with Crippen LogP contribution in [0.2, 0.25) is 0 Å². The maximum atomic E-state index is 13.1. The van der Waals surface area contributed by atoms with Gasteiger partial charge < -0.3 is 9.72 Å². The van der Waals surface area contributed by atoms with Crippen molar-refractivity contribution in [3.05, 3.63) is 53.6 Å². The fourth-order valence-corrected chi connectivity index (χ4v) is 1.73. The predicted molar refractivity (Wildman–Crippen MR) is 61.2 cm³/mol. The van der Waals surface area contributed by atoms with Gasteiger partial charge in [-0.05, 0) is 48.7 Å². The summed E-state index contributed by atoms with van der Waals surface area (Å²) in [6, 6.07) is 8.59. The lowest BCUT2D eigenvalue weighted by Gasteiger charge is -2.07. The topological polar surface area (TPSA) is 25.0 Å². The van der Waals surface area contributed by atoms with Crippen LogP contribution < -0.4 is 4.74 Å². The Kier molecular flexibility index (Phi) is 3.25. The van der Waals surface area contributed by atoms with E-state index in [1.54, 1.807) is 13.2 Å². The van der Waals surface area contributed by atoms with E-state index in [2.05, 4.69) is 4.98 Å². The number of rotatable bonds is 4. The Morgan fingerprint density at radius 1 is 1.25 bits per heavy atom. The molecular weight excluding hydrogens is 205 g/mol. The summed E-state index contributed by atoms with van der Waals surface area (Å²) in [7, 11) is 1.60. The monoisotopic (exact) mass is 219 g/mol. The van der Waals surface area contributed by atoms with E-state index in [4.69, 9.17) is 4.74 Å². The van der Waals surface area contributed by atoms with Gasteiger partial charge in [0.25, 0.3) is 0 Å². The highest BCUT2D eigenvalue weighted by Gasteiger charge is 2.05. The molecular formula is C13H14FNO. The van der Waals surface area contributed by atoms with Gasteiger partial charge in [0.1, 0.15) is 11.6 Å². The molecule has 0 fully saturated rings. The zero-order valence-electron chi connectivity index (χ0n) is 9.16. The van der Waals surface area contributed by atoms with Crippen molar-refractivity contribution in [2.75, 3.05) is 7.11 Å². The second-order valence-electron chi connectivity index (χ2n) is 3.65. The van der Waals surface area contributed by atoms with Gasteiger partial charge in [0.05, 0.1) is 7.11 Å². The summed E-state index contributed by atoms with van der Waals surface area (Å²) < 4.78 is 18.3. The van der Waals surface area contributed by atoms with Gasteiger partial charge in [0.2, 0.25) is 0 Å². The highest BCUT2D eigenvalue weighted by molar-refractivity contribution is 5.34. The van der Waals surface area contributed by atoms with Gasteiger partial charge in [-0.2, -0.15) is 0 Å². The summed E-state index contributed by atoms with van der Waals surface area (Å²) in [5, 5.41) is 0. The fraction of sp³-hybridized carbons (Fsp3) is 0.231. The summed E-state index contributed by atoms with van der Waals surface area (Å²) in [6.07, 6.45) is 3.51. The number of hydrogen-bond acceptors (Lipinski definition) is 1. The first kappa shape index (κ1) is 10.7. The Morgan fingerprint density at radius 3 is 2.81 bits per heavy atom. The highest BCUT2D eigenvalue weighted by atomic mass is 19.1. The molecule has 0 atom stereocenters. The summed E-state index contributed by atoms with van der Waals surface area (Å²) in [4.78, 5) is 3.12. The number of hydrogen-bond donors (Lipinski definition) is 1. The minimum absolute atomic E-state index is 0.220. The van der Waals surface area contributed by atoms with E-state index in [1.807, 2.05) is 18.3 Å². The van der Waals surface area contributed by atoms with Crippen molar-refractivity contribution in [3.63, 3.8) is 0 Å². The van der Waals surface area contributed by atoms with Gasteiger partial charge in [-0.25, -0.2) is 4.39 Å². The third-order valence-corrected chi connectivity index (χ3v) is 2.57. The molecule has 2 aromatic rings. The molecule has 1 N–H and O–H groups in total. The van der Waals surface area contributed by atoms with E-state index in [0.717, 1.165) is 29.8 Å². The Morgan fingerprint density at radius 2 is 2.12 bits per heavy atom. The standard InChI is InChI=1S/C13H14FNO/c1-16-13-7-5-11(14)9-10(13)4-6-12-3-2-8-15-12/h2-3,5,7-9,15H,4,6H2,1H3. The summed E-state index contributed by atoms with van der Waals surface area (Å²) in [5.41, 5.74) is 2.04. The first-order chi connectivity index (χ1) is 7.79. The minimum atomic E-state index is -0.220. The van der Waals surface area contributed by atoms with E-state index >= 15 is 0 Å². The van der Waals surface area contributed by atoms with Crippen molar-refractivity contribution in [1.29, 1.82) is 0 Å². The van der Waals surface area contributed by atoms with Gasteiger partial charge in [-0.15, -0.1) is 0 Å². The molecule has 16 heavy (non-hydrogen) atoms. The average molecular weight is 219 g/mol. The van der Waals surface area contributed by atoms with Gasteiger partial charge in [-0.3, -0.25) is 0 Å². The molecule has 0 saturated heterocycles. The summed E-state index contributed by atoms with van der Waals surface area (Å²) >= 11 is 0. The minimum Gasteiger partial charge on any atom is -0.496 e. The maximum Gasteiger partial charge on any atom is 0.123 e. The Hall–Kier alpha value is -1.77. The molecule has 2 rings (SSSR count). The second-order valence-corrected chi connectivity index (χ2v) is 3.65. The van der Waals surface area contributed by atoms with Crippen molar-refractivity contribution < 1.29 is 9.13 Å². The number of aromatic nitrogens is 1. The zero-order valence-corrected chi connectivity index (χ0v) is 9.16. The summed E-state index contributed by atoms with van der Waals surface area (Å²) in [6.45, 7) is 0. The third-order valence-electron chi connectivity index (χ3n) is 2.57. The fourth-order valence-electron chi connectivity index (χ4n) is 1.73. The van der Waals surface area contributed by atoms with Crippen LogP contribution in [0.4, 0.5) is 4.39 Å². The summed E-state index contributed by atoms with van der Waals surface area (Å²) in [5.74, 6) is 0.523. The number of H-pyrrole nitrogens is 1. The molecule has 0 bridgehead atoms. The first-order valence-electron chi connectivity index (χ1n) is 5.24. The van der Waals surface area contributed by atoms with Crippen LogP contribution in [0.5, 0.6) is 5.75 Å². The molecule has 84 valence electrons. The van der Waals surface area contributed by atoms with E-state index in [0.29, 0.717) is 0 Å². The van der Waals surface area contributed by atoms with Crippen molar-refractivity contribution in [3.8, 4) is 5.75 Å². The van der Waals surface area contributed by atoms with Gasteiger partial charge in [-0.1, -0.05) is 0 Å². The highest BCUT2D eigenvalue weighted by Crippen LogP contribution is 2.20. The molecule has 0 aliphatic heterocycles. The smallest absolute Gasteiger partial charge is 0.123 e. The number of aromatic amines is 1. The number of nitrogens with one attached hydrogen (secondary N) is 1. The van der Waals surface area contributed by atoms with Crippen LogP contribution in [-0.2, 0) is 12.8 Å². The Balaban J connectivity index is 2.11. The van der Waals surface area contributed by atoms with Crippen LogP contribution in [0, 0.1) is 5.82 Å². The lowest BCUT2D eigenvalue weighted by molar-refractivity contribution is 0.408. The van der Waals surface area contributed by atoms with Gasteiger partial charge >= 0.3 is 0 Å². The molecule has 0 aliphatic rings. The Labute approximate surface area is 94.1 Å². The van der Waals surface area contributed by atoms with Crippen LogP contribution in [0.15, 0.2) is 36.5 Å². The maximum absolute atomic E-state index is 13.1. The van der Waals surface area contributed by atoms with Crippen LogP contribution in [-0.4, -0.2) is 12.1 Å². The molecule has 0 saturated carbocycles. The zero-order chi connectivity index (χ0) is 11.4. The van der Waals surface area contributed by atoms with Crippen LogP contribution >= 0.6 is 0 Å². The lowest BCUT2D eigenvalue weighted by Crippen LogP contribution is -1.96. The predicted octanol–water partition coefficient (Wildman–Crippen LogP) is 2.95. The van der Waals surface area contributed by atoms with Crippen molar-refractivity contribution in [1.82, 2.24) is 4.98 Å². The molecule has 0 unspecified atom stereocenters. The van der Waals surface area contributed by atoms with Gasteiger partial charge in [0, 0.05) is 11.9 Å². The normalized spacial score (nSPS) is 10.4. The third kappa shape index (κ3) is 2.42. The SMILES string of the molecule is COc1ccc(F)cc1CCc1ccc[nH]1. The number of ether oxygens (including phenoxy) is 1. The number of halogens is 1. The molecule has 1 heterocycles. The van der Waals surface area contributed by atoms with Crippen LogP contribution in [0.25, 0.3) is 0 Å². The average Bonchev–Trinajstić information content (AvgIpc) is 2.79. The van der Waals surface area contributed by atoms with E-state index in [-0.39, 0.29) is 5.82 Å². The molecule has 2 nitrogen and oxygen atoms in total. The van der Waals surface area contributed by atoms with E-state index in [9.17, 15) is 4.39 Å². The Bertz CT molecular complexity index is 451. The van der Waals surface area contributed by atoms with Crippen molar-refractivity contribution >= 4 is 0 Å². The largest absolute Gasteiger partial charge is 0.496 e. The van der Waals surface area contributed by atoms with E-state index < -0.39 is 0 Å². The lowest BCUT2D eigenvalue weighted by atomic mass is 10.1. The van der Waals surface area contributed by atoms with Crippen LogP contribution in [0.3, 0.4) is 0 Å². The van der Waals surface area contributed by atoms with Crippen molar-refractivity contribution in [2.24, 2.45) is 0 Å². The number of aryl methyl sites for hydroxylation is 2. The second kappa shape index (κ2) is 4.84. The number of benzene rings is 1. The molecule has 1 aromatic carbocycles. The molecule has 0 aliphatic carbocycles. The molecule has 3 heteroatoms. The van der Waals surface area contributed by atoms with Crippen LogP contribution in [0.1, 0.15) is 11.3 Å². The molecule has 0 spiro atoms.